The summed E-state index contributed by atoms with van der Waals surface area (Å²) in [5.41, 5.74) is -0.519. The van der Waals surface area contributed by atoms with Crippen LogP contribution in [0.2, 0.25) is 15.1 Å². The van der Waals surface area contributed by atoms with Crippen molar-refractivity contribution in [3.05, 3.63) is 86.6 Å². The van der Waals surface area contributed by atoms with Crippen molar-refractivity contribution in [2.75, 3.05) is 16.0 Å². The molecule has 0 heterocycles. The summed E-state index contributed by atoms with van der Waals surface area (Å²) >= 11 is 30.9. The lowest BCUT2D eigenvalue weighted by molar-refractivity contribution is -0.167. The number of nitrogens with one attached hydrogen (secondary N) is 3. The predicted octanol–water partition coefficient (Wildman–Crippen LogP) is 8.07. The van der Waals surface area contributed by atoms with Crippen molar-refractivity contribution >= 4 is 92.8 Å². The van der Waals surface area contributed by atoms with Gasteiger partial charge < -0.3 is 16.0 Å². The third-order valence-corrected chi connectivity index (χ3v) is 7.86. The Labute approximate surface area is 248 Å². The van der Waals surface area contributed by atoms with Crippen molar-refractivity contribution in [3.63, 3.8) is 0 Å². The molecule has 4 rings (SSSR count). The zero-order valence-corrected chi connectivity index (χ0v) is 23.3. The minimum atomic E-state index is -5.23. The molecule has 1 aliphatic carbocycles. The van der Waals surface area contributed by atoms with Crippen molar-refractivity contribution in [1.82, 2.24) is 0 Å². The Bertz CT molecular complexity index is 1530. The van der Waals surface area contributed by atoms with E-state index in [9.17, 15) is 31.9 Å². The summed E-state index contributed by atoms with van der Waals surface area (Å²) in [4.78, 5) is 37.3. The number of hydrogen-bond donors (Lipinski definition) is 3. The van der Waals surface area contributed by atoms with Crippen molar-refractivity contribution in [1.29, 1.82) is 0 Å². The minimum Gasteiger partial charge on any atom is -0.326 e. The Kier molecular flexibility index (Phi) is 8.50. The van der Waals surface area contributed by atoms with Gasteiger partial charge in [-0.15, -0.1) is 23.2 Å². The van der Waals surface area contributed by atoms with Gasteiger partial charge in [-0.25, -0.2) is 4.39 Å². The molecular weight excluding hydrogens is 644 g/mol. The van der Waals surface area contributed by atoms with Gasteiger partial charge in [0, 0.05) is 11.6 Å². The maximum atomic E-state index is 13.8. The van der Waals surface area contributed by atoms with Crippen molar-refractivity contribution < 1.29 is 31.9 Å². The molecule has 0 aromatic heterocycles. The van der Waals surface area contributed by atoms with E-state index in [1.807, 2.05) is 0 Å². The second-order valence-electron chi connectivity index (χ2n) is 8.58. The highest BCUT2D eigenvalue weighted by Crippen LogP contribution is 2.65. The van der Waals surface area contributed by atoms with Gasteiger partial charge in [-0.3, -0.25) is 14.4 Å². The van der Waals surface area contributed by atoms with Crippen LogP contribution in [-0.2, 0) is 9.59 Å². The highest BCUT2D eigenvalue weighted by molar-refractivity contribution is 6.53. The maximum absolute atomic E-state index is 13.8. The van der Waals surface area contributed by atoms with Gasteiger partial charge in [0.1, 0.15) is 10.2 Å². The average molecular weight is 658 g/mol. The molecule has 3 aromatic rings. The summed E-state index contributed by atoms with van der Waals surface area (Å²) in [5, 5.41) is 6.82. The quantitative estimate of drug-likeness (QED) is 0.185. The Morgan fingerprint density at radius 2 is 1.45 bits per heavy atom. The van der Waals surface area contributed by atoms with Gasteiger partial charge in [0.05, 0.1) is 37.9 Å². The molecule has 0 bridgehead atoms. The number of anilines is 3. The third-order valence-electron chi connectivity index (χ3n) is 5.85. The zero-order chi connectivity index (χ0) is 29.6. The minimum absolute atomic E-state index is 0.100. The van der Waals surface area contributed by atoms with Gasteiger partial charge in [-0.1, -0.05) is 40.9 Å². The molecular formula is C25H14Cl5F4N3O3. The van der Waals surface area contributed by atoms with E-state index in [0.717, 1.165) is 12.1 Å². The van der Waals surface area contributed by atoms with E-state index in [0.29, 0.717) is 16.7 Å². The zero-order valence-electron chi connectivity index (χ0n) is 19.5. The molecule has 210 valence electrons. The number of hydrogen-bond acceptors (Lipinski definition) is 3. The lowest BCUT2D eigenvalue weighted by Gasteiger charge is -2.15. The SMILES string of the molecule is O=C(Nc1cc(F)ccc1NC(=O)C(F)(F)F)c1cc(NC(=O)C2C(c3ccc(Cl)c(Cl)c3)C2(Cl)Cl)ccc1Cl. The summed E-state index contributed by atoms with van der Waals surface area (Å²) in [6.45, 7) is 0. The summed E-state index contributed by atoms with van der Waals surface area (Å²) in [5.74, 6) is -6.30. The highest BCUT2D eigenvalue weighted by atomic mass is 35.5. The molecule has 0 radical (unpaired) electrons. The van der Waals surface area contributed by atoms with Gasteiger partial charge in [-0.2, -0.15) is 13.2 Å². The highest BCUT2D eigenvalue weighted by Gasteiger charge is 2.67. The molecule has 6 nitrogen and oxygen atoms in total. The van der Waals surface area contributed by atoms with E-state index in [1.54, 1.807) is 23.5 Å². The normalized spacial score (nSPS) is 17.6. The van der Waals surface area contributed by atoms with Crippen LogP contribution >= 0.6 is 58.0 Å². The number of carbonyl (C=O) groups excluding carboxylic acids is 3. The standard InChI is InChI=1S/C25H14Cl5F4N3O3/c26-14-5-3-12(35-22(39)20-19(24(20,29)30)10-1-4-15(27)16(28)7-10)9-13(14)21(38)36-18-8-11(31)2-6-17(18)37-23(40)25(32,33)34/h1-9,19-20H,(H,35,39)(H,36,38)(H,37,40). The van der Waals surface area contributed by atoms with Crippen LogP contribution in [-0.4, -0.2) is 28.2 Å². The van der Waals surface area contributed by atoms with E-state index in [2.05, 4.69) is 10.6 Å². The van der Waals surface area contributed by atoms with Crippen LogP contribution in [0.4, 0.5) is 34.6 Å². The van der Waals surface area contributed by atoms with Gasteiger partial charge in [0.2, 0.25) is 5.91 Å². The maximum Gasteiger partial charge on any atom is 0.471 e. The van der Waals surface area contributed by atoms with Gasteiger partial charge in [0.25, 0.3) is 5.91 Å². The van der Waals surface area contributed by atoms with Crippen LogP contribution in [0.1, 0.15) is 21.8 Å². The summed E-state index contributed by atoms with van der Waals surface area (Å²) in [6.07, 6.45) is -5.23. The van der Waals surface area contributed by atoms with Crippen LogP contribution in [0.25, 0.3) is 0 Å². The molecule has 40 heavy (non-hydrogen) atoms. The lowest BCUT2D eigenvalue weighted by Crippen LogP contribution is -2.30. The van der Waals surface area contributed by atoms with Crippen LogP contribution in [0.3, 0.4) is 0 Å². The average Bonchev–Trinajstić information content (AvgIpc) is 3.44. The number of amides is 3. The first-order chi connectivity index (χ1) is 18.6. The second kappa shape index (κ2) is 11.3. The van der Waals surface area contributed by atoms with Crippen molar-refractivity contribution in [3.8, 4) is 0 Å². The molecule has 2 unspecified atom stereocenters. The molecule has 3 amide bonds. The first kappa shape index (κ1) is 30.2. The van der Waals surface area contributed by atoms with Crippen LogP contribution in [0.5, 0.6) is 0 Å². The van der Waals surface area contributed by atoms with Gasteiger partial charge in [-0.05, 0) is 54.1 Å². The van der Waals surface area contributed by atoms with Gasteiger partial charge >= 0.3 is 12.1 Å². The number of benzene rings is 3. The summed E-state index contributed by atoms with van der Waals surface area (Å²) in [7, 11) is 0. The van der Waals surface area contributed by atoms with E-state index in [4.69, 9.17) is 58.0 Å². The molecule has 2 atom stereocenters. The summed E-state index contributed by atoms with van der Waals surface area (Å²) in [6, 6.07) is 10.9. The molecule has 15 heteroatoms. The molecule has 0 saturated heterocycles. The Morgan fingerprint density at radius 3 is 2.10 bits per heavy atom. The number of rotatable bonds is 6. The smallest absolute Gasteiger partial charge is 0.326 e. The second-order valence-corrected chi connectivity index (χ2v) is 11.2. The fourth-order valence-corrected chi connectivity index (χ4v) is 5.22. The van der Waals surface area contributed by atoms with E-state index < -0.39 is 57.3 Å². The van der Waals surface area contributed by atoms with E-state index in [-0.39, 0.29) is 21.3 Å². The molecule has 3 N–H and O–H groups in total. The van der Waals surface area contributed by atoms with Crippen molar-refractivity contribution in [2.45, 2.75) is 16.4 Å². The largest absolute Gasteiger partial charge is 0.471 e. The molecule has 0 aliphatic heterocycles. The molecule has 0 spiro atoms. The van der Waals surface area contributed by atoms with E-state index >= 15 is 0 Å². The number of alkyl halides is 5. The predicted molar refractivity (Wildman–Crippen MR) is 146 cm³/mol. The molecule has 1 saturated carbocycles. The first-order valence-corrected chi connectivity index (χ1v) is 12.9. The Balaban J connectivity index is 1.52. The first-order valence-electron chi connectivity index (χ1n) is 11.0. The molecule has 1 fully saturated rings. The summed E-state index contributed by atoms with van der Waals surface area (Å²) < 4.78 is 50.4. The molecule has 1 aliphatic rings. The Morgan fingerprint density at radius 1 is 0.775 bits per heavy atom. The van der Waals surface area contributed by atoms with Crippen molar-refractivity contribution in [2.24, 2.45) is 5.92 Å². The Hall–Kier alpha value is -2.76. The molecule has 3 aromatic carbocycles. The third kappa shape index (κ3) is 6.42. The fourth-order valence-electron chi connectivity index (χ4n) is 3.88. The van der Waals surface area contributed by atoms with Crippen LogP contribution < -0.4 is 16.0 Å². The van der Waals surface area contributed by atoms with Crippen LogP contribution in [0, 0.1) is 11.7 Å². The fraction of sp³-hybridized carbons (Fsp3) is 0.160. The number of carbonyl (C=O) groups is 3. The topological polar surface area (TPSA) is 87.3 Å². The lowest BCUT2D eigenvalue weighted by atomic mass is 10.1. The monoisotopic (exact) mass is 655 g/mol. The van der Waals surface area contributed by atoms with Gasteiger partial charge in [0.15, 0.2) is 0 Å². The number of halogens is 9. The van der Waals surface area contributed by atoms with E-state index in [1.165, 1.54) is 18.2 Å². The van der Waals surface area contributed by atoms with Crippen LogP contribution in [0.15, 0.2) is 54.6 Å².